The van der Waals surface area contributed by atoms with Crippen LogP contribution in [0.3, 0.4) is 0 Å². The van der Waals surface area contributed by atoms with Crippen LogP contribution in [0.15, 0.2) is 6.07 Å². The van der Waals surface area contributed by atoms with Crippen LogP contribution in [0.4, 0.5) is 11.6 Å². The summed E-state index contributed by atoms with van der Waals surface area (Å²) < 4.78 is 25.2. The minimum absolute atomic E-state index is 0.382. The SMILES string of the molecule is CCCc1nc(NN)cc(NCC(C)(C)NS(C)(=O)=O)n1. The maximum Gasteiger partial charge on any atom is 0.209 e. The Labute approximate surface area is 126 Å². The molecule has 0 aliphatic rings. The topological polar surface area (TPSA) is 122 Å². The lowest BCUT2D eigenvalue weighted by atomic mass is 10.1. The molecule has 0 bridgehead atoms. The van der Waals surface area contributed by atoms with E-state index in [1.807, 2.05) is 6.92 Å². The first-order valence-corrected chi connectivity index (χ1v) is 8.62. The third-order valence-electron chi connectivity index (χ3n) is 2.57. The first-order chi connectivity index (χ1) is 9.65. The van der Waals surface area contributed by atoms with E-state index in [0.717, 1.165) is 19.1 Å². The number of sulfonamides is 1. The van der Waals surface area contributed by atoms with Gasteiger partial charge in [-0.1, -0.05) is 6.92 Å². The fraction of sp³-hybridized carbons (Fsp3) is 0.667. The van der Waals surface area contributed by atoms with E-state index < -0.39 is 15.6 Å². The zero-order valence-electron chi connectivity index (χ0n) is 12.9. The molecule has 0 radical (unpaired) electrons. The van der Waals surface area contributed by atoms with Crippen LogP contribution in [0.2, 0.25) is 0 Å². The molecule has 0 amide bonds. The summed E-state index contributed by atoms with van der Waals surface area (Å²) in [7, 11) is -3.27. The smallest absolute Gasteiger partial charge is 0.209 e. The van der Waals surface area contributed by atoms with Gasteiger partial charge in [0.1, 0.15) is 17.5 Å². The second kappa shape index (κ2) is 7.01. The van der Waals surface area contributed by atoms with Crippen molar-refractivity contribution < 1.29 is 8.42 Å². The summed E-state index contributed by atoms with van der Waals surface area (Å²) in [5.74, 6) is 7.19. The molecule has 0 aliphatic carbocycles. The van der Waals surface area contributed by atoms with Crippen molar-refractivity contribution in [1.29, 1.82) is 0 Å². The summed E-state index contributed by atoms with van der Waals surface area (Å²) in [6, 6.07) is 1.68. The zero-order valence-corrected chi connectivity index (χ0v) is 13.7. The molecule has 5 N–H and O–H groups in total. The molecule has 21 heavy (non-hydrogen) atoms. The average molecular weight is 316 g/mol. The van der Waals surface area contributed by atoms with Gasteiger partial charge in [-0.3, -0.25) is 0 Å². The molecule has 120 valence electrons. The largest absolute Gasteiger partial charge is 0.368 e. The number of aromatic nitrogens is 2. The van der Waals surface area contributed by atoms with Gasteiger partial charge in [0, 0.05) is 24.6 Å². The van der Waals surface area contributed by atoms with Gasteiger partial charge in [0.05, 0.1) is 6.26 Å². The summed E-state index contributed by atoms with van der Waals surface area (Å²) in [6.45, 7) is 6.00. The van der Waals surface area contributed by atoms with E-state index >= 15 is 0 Å². The highest BCUT2D eigenvalue weighted by Gasteiger charge is 2.22. The first-order valence-electron chi connectivity index (χ1n) is 6.72. The van der Waals surface area contributed by atoms with Gasteiger partial charge in [-0.05, 0) is 20.3 Å². The van der Waals surface area contributed by atoms with Gasteiger partial charge < -0.3 is 10.7 Å². The molecule has 0 spiro atoms. The van der Waals surface area contributed by atoms with Gasteiger partial charge in [0.2, 0.25) is 10.0 Å². The number of hydrazine groups is 1. The van der Waals surface area contributed by atoms with Crippen LogP contribution < -0.4 is 21.3 Å². The van der Waals surface area contributed by atoms with Gasteiger partial charge in [-0.2, -0.15) is 0 Å². The molecule has 1 heterocycles. The maximum atomic E-state index is 11.3. The number of anilines is 2. The number of nitrogens with two attached hydrogens (primary N) is 1. The van der Waals surface area contributed by atoms with Crippen LogP contribution in [0.1, 0.15) is 33.0 Å². The number of rotatable bonds is 8. The van der Waals surface area contributed by atoms with Crippen molar-refractivity contribution in [2.75, 3.05) is 23.5 Å². The number of aryl methyl sites for hydroxylation is 1. The van der Waals surface area contributed by atoms with Crippen molar-refractivity contribution in [2.24, 2.45) is 5.84 Å². The molecule has 1 aromatic rings. The Morgan fingerprint density at radius 1 is 1.29 bits per heavy atom. The van der Waals surface area contributed by atoms with Crippen molar-refractivity contribution >= 4 is 21.7 Å². The first kappa shape index (κ1) is 17.6. The fourth-order valence-electron chi connectivity index (χ4n) is 1.85. The van der Waals surface area contributed by atoms with Crippen molar-refractivity contribution in [3.05, 3.63) is 11.9 Å². The number of hydrogen-bond acceptors (Lipinski definition) is 7. The van der Waals surface area contributed by atoms with Crippen molar-refractivity contribution in [2.45, 2.75) is 39.2 Å². The molecule has 0 aromatic carbocycles. The Morgan fingerprint density at radius 3 is 2.43 bits per heavy atom. The molecule has 1 rings (SSSR count). The van der Waals surface area contributed by atoms with Crippen LogP contribution in [-0.2, 0) is 16.4 Å². The Hall–Kier alpha value is -1.45. The van der Waals surface area contributed by atoms with Crippen LogP contribution in [0.25, 0.3) is 0 Å². The minimum atomic E-state index is -3.27. The van der Waals surface area contributed by atoms with Crippen molar-refractivity contribution in [1.82, 2.24) is 14.7 Å². The highest BCUT2D eigenvalue weighted by molar-refractivity contribution is 7.88. The Bertz CT molecular complexity index is 573. The molecular formula is C12H24N6O2S. The lowest BCUT2D eigenvalue weighted by molar-refractivity contribution is 0.475. The lowest BCUT2D eigenvalue weighted by Crippen LogP contribution is -2.47. The van der Waals surface area contributed by atoms with E-state index in [2.05, 4.69) is 25.4 Å². The predicted octanol–water partition coefficient (Wildman–Crippen LogP) is 0.454. The summed E-state index contributed by atoms with van der Waals surface area (Å²) in [5.41, 5.74) is 1.86. The molecule has 0 unspecified atom stereocenters. The van der Waals surface area contributed by atoms with E-state index in [1.165, 1.54) is 0 Å². The molecule has 0 saturated heterocycles. The second-order valence-electron chi connectivity index (χ2n) is 5.56. The molecule has 0 atom stereocenters. The maximum absolute atomic E-state index is 11.3. The van der Waals surface area contributed by atoms with Gasteiger partial charge in [0.15, 0.2) is 0 Å². The van der Waals surface area contributed by atoms with E-state index in [-0.39, 0.29) is 0 Å². The van der Waals surface area contributed by atoms with E-state index in [4.69, 9.17) is 5.84 Å². The monoisotopic (exact) mass is 316 g/mol. The van der Waals surface area contributed by atoms with E-state index in [0.29, 0.717) is 24.0 Å². The summed E-state index contributed by atoms with van der Waals surface area (Å²) in [5, 5.41) is 3.11. The summed E-state index contributed by atoms with van der Waals surface area (Å²) in [6.07, 6.45) is 2.80. The molecule has 8 nitrogen and oxygen atoms in total. The normalized spacial score (nSPS) is 12.2. The predicted molar refractivity (Wildman–Crippen MR) is 84.4 cm³/mol. The molecule has 1 aromatic heterocycles. The second-order valence-corrected chi connectivity index (χ2v) is 7.31. The minimum Gasteiger partial charge on any atom is -0.368 e. The van der Waals surface area contributed by atoms with Gasteiger partial charge in [-0.25, -0.2) is 29.0 Å². The highest BCUT2D eigenvalue weighted by atomic mass is 32.2. The average Bonchev–Trinajstić information content (AvgIpc) is 2.34. The van der Waals surface area contributed by atoms with E-state index in [9.17, 15) is 8.42 Å². The van der Waals surface area contributed by atoms with Crippen molar-refractivity contribution in [3.63, 3.8) is 0 Å². The molecule has 0 fully saturated rings. The molecular weight excluding hydrogens is 292 g/mol. The fourth-order valence-corrected chi connectivity index (χ4v) is 2.92. The van der Waals surface area contributed by atoms with Crippen LogP contribution in [-0.4, -0.2) is 36.7 Å². The number of nitrogens with zero attached hydrogens (tertiary/aromatic N) is 2. The van der Waals surface area contributed by atoms with Crippen molar-refractivity contribution in [3.8, 4) is 0 Å². The Balaban J connectivity index is 2.80. The summed E-state index contributed by atoms with van der Waals surface area (Å²) in [4.78, 5) is 8.62. The van der Waals surface area contributed by atoms with Crippen LogP contribution >= 0.6 is 0 Å². The number of nitrogen functional groups attached to an aromatic ring is 1. The van der Waals surface area contributed by atoms with Crippen LogP contribution in [0, 0.1) is 0 Å². The molecule has 0 saturated carbocycles. The standard InChI is InChI=1S/C12H24N6O2S/c1-5-6-9-15-10(7-11(16-9)17-13)14-8-12(2,3)18-21(4,19)20/h7,18H,5-6,8,13H2,1-4H3,(H2,14,15,16,17). The Kier molecular flexibility index (Phi) is 5.87. The lowest BCUT2D eigenvalue weighted by Gasteiger charge is -2.25. The molecule has 0 aliphatic heterocycles. The van der Waals surface area contributed by atoms with Gasteiger partial charge in [-0.15, -0.1) is 0 Å². The zero-order chi connectivity index (χ0) is 16.1. The number of hydrogen-bond donors (Lipinski definition) is 4. The van der Waals surface area contributed by atoms with Gasteiger partial charge in [0.25, 0.3) is 0 Å². The van der Waals surface area contributed by atoms with E-state index in [1.54, 1.807) is 19.9 Å². The number of nitrogens with one attached hydrogen (secondary N) is 3. The summed E-state index contributed by atoms with van der Waals surface area (Å²) >= 11 is 0. The molecule has 9 heteroatoms. The van der Waals surface area contributed by atoms with Gasteiger partial charge >= 0.3 is 0 Å². The third kappa shape index (κ3) is 6.69. The highest BCUT2D eigenvalue weighted by Crippen LogP contribution is 2.13. The Morgan fingerprint density at radius 2 is 1.90 bits per heavy atom. The third-order valence-corrected chi connectivity index (χ3v) is 3.49. The van der Waals surface area contributed by atoms with Crippen LogP contribution in [0.5, 0.6) is 0 Å². The quantitative estimate of drug-likeness (QED) is 0.406.